The minimum atomic E-state index is 0.580. The van der Waals surface area contributed by atoms with Crippen LogP contribution in [-0.2, 0) is 0 Å². The molecule has 3 nitrogen and oxygen atoms in total. The Morgan fingerprint density at radius 3 is 2.28 bits per heavy atom. The normalized spacial score (nSPS) is 11.6. The van der Waals surface area contributed by atoms with Gasteiger partial charge in [-0.15, -0.1) is 0 Å². The van der Waals surface area contributed by atoms with Crippen LogP contribution in [0.15, 0.2) is 36.4 Å². The Morgan fingerprint density at radius 1 is 1.22 bits per heavy atom. The number of anilines is 1. The smallest absolute Gasteiger partial charge is 0.281 e. The van der Waals surface area contributed by atoms with Crippen LogP contribution in [0, 0.1) is 12.1 Å². The molecule has 0 radical (unpaired) electrons. The molecule has 1 aromatic heterocycles. The molecule has 0 aliphatic rings. The molecule has 0 aliphatic heterocycles. The van der Waals surface area contributed by atoms with E-state index < -0.39 is 0 Å². The van der Waals surface area contributed by atoms with E-state index in [9.17, 15) is 5.21 Å². The SMILES string of the molecule is C/C=C/CN(C/C=C/C)c1cc(Cl)cc(C)[n+]1[O-]. The van der Waals surface area contributed by atoms with Crippen molar-refractivity contribution in [2.45, 2.75) is 20.8 Å². The van der Waals surface area contributed by atoms with Gasteiger partial charge in [-0.05, 0) is 39.0 Å². The van der Waals surface area contributed by atoms with Gasteiger partial charge < -0.3 is 5.21 Å². The van der Waals surface area contributed by atoms with Gasteiger partial charge in [-0.25, -0.2) is 4.73 Å². The maximum Gasteiger partial charge on any atom is 0.281 e. The van der Waals surface area contributed by atoms with E-state index in [-0.39, 0.29) is 0 Å². The summed E-state index contributed by atoms with van der Waals surface area (Å²) < 4.78 is 0.916. The first kappa shape index (κ1) is 14.6. The number of hydrogen-bond donors (Lipinski definition) is 0. The number of hydrogen-bond acceptors (Lipinski definition) is 2. The van der Waals surface area contributed by atoms with Crippen LogP contribution in [-0.4, -0.2) is 13.1 Å². The molecule has 0 aliphatic carbocycles. The molecule has 0 N–H and O–H groups in total. The van der Waals surface area contributed by atoms with Crippen molar-refractivity contribution < 1.29 is 4.73 Å². The largest absolute Gasteiger partial charge is 0.710 e. The highest BCUT2D eigenvalue weighted by Crippen LogP contribution is 2.17. The third-order valence-electron chi connectivity index (χ3n) is 2.59. The van der Waals surface area contributed by atoms with Crippen molar-refractivity contribution in [2.75, 3.05) is 18.0 Å². The van der Waals surface area contributed by atoms with Gasteiger partial charge in [-0.1, -0.05) is 23.8 Å². The van der Waals surface area contributed by atoms with Crippen LogP contribution in [0.2, 0.25) is 5.02 Å². The summed E-state index contributed by atoms with van der Waals surface area (Å²) in [7, 11) is 0. The molecular formula is C14H19ClN2O. The molecule has 1 aromatic rings. The molecule has 0 atom stereocenters. The molecule has 0 saturated carbocycles. The fourth-order valence-electron chi connectivity index (χ4n) is 1.61. The van der Waals surface area contributed by atoms with Crippen LogP contribution in [0.3, 0.4) is 0 Å². The molecule has 0 fully saturated rings. The number of pyridine rings is 1. The number of nitrogens with zero attached hydrogens (tertiary/aromatic N) is 2. The fourth-order valence-corrected chi connectivity index (χ4v) is 1.86. The van der Waals surface area contributed by atoms with Crippen molar-refractivity contribution in [1.29, 1.82) is 0 Å². The van der Waals surface area contributed by atoms with E-state index in [2.05, 4.69) is 0 Å². The van der Waals surface area contributed by atoms with Crippen molar-refractivity contribution in [2.24, 2.45) is 0 Å². The van der Waals surface area contributed by atoms with Gasteiger partial charge in [0.2, 0.25) is 0 Å². The van der Waals surface area contributed by atoms with Gasteiger partial charge in [0.1, 0.15) is 18.8 Å². The zero-order valence-corrected chi connectivity index (χ0v) is 11.8. The zero-order valence-electron chi connectivity index (χ0n) is 11.1. The third kappa shape index (κ3) is 3.77. The highest BCUT2D eigenvalue weighted by molar-refractivity contribution is 6.30. The van der Waals surface area contributed by atoms with Crippen LogP contribution in [0.5, 0.6) is 0 Å². The summed E-state index contributed by atoms with van der Waals surface area (Å²) >= 11 is 6.02. The molecule has 1 rings (SSSR count). The van der Waals surface area contributed by atoms with E-state index in [1.807, 2.05) is 43.1 Å². The van der Waals surface area contributed by atoms with Crippen molar-refractivity contribution in [3.8, 4) is 0 Å². The first-order valence-corrected chi connectivity index (χ1v) is 6.35. The number of halogens is 1. The van der Waals surface area contributed by atoms with E-state index in [0.717, 1.165) is 4.73 Å². The predicted molar refractivity (Wildman–Crippen MR) is 77.0 cm³/mol. The molecule has 0 aromatic carbocycles. The standard InChI is InChI=1S/C14H19ClN2O/c1-4-6-8-16(9-7-5-2)14-11-13(15)10-12(3)17(14)18/h4-7,10-11H,8-9H2,1-3H3/b6-4+,7-5+. The van der Waals surface area contributed by atoms with E-state index >= 15 is 0 Å². The molecule has 0 unspecified atom stereocenters. The molecule has 18 heavy (non-hydrogen) atoms. The van der Waals surface area contributed by atoms with Crippen molar-refractivity contribution >= 4 is 17.4 Å². The summed E-state index contributed by atoms with van der Waals surface area (Å²) in [5.41, 5.74) is 0.600. The second-order valence-corrected chi connectivity index (χ2v) is 4.45. The van der Waals surface area contributed by atoms with Gasteiger partial charge >= 0.3 is 0 Å². The second kappa shape index (κ2) is 7.07. The number of allylic oxidation sites excluding steroid dienone is 2. The summed E-state index contributed by atoms with van der Waals surface area (Å²) in [6.45, 7) is 7.04. The molecule has 98 valence electrons. The second-order valence-electron chi connectivity index (χ2n) is 4.01. The molecule has 0 spiro atoms. The lowest BCUT2D eigenvalue weighted by molar-refractivity contribution is -0.599. The van der Waals surface area contributed by atoms with Crippen LogP contribution in [0.25, 0.3) is 0 Å². The van der Waals surface area contributed by atoms with E-state index in [1.54, 1.807) is 19.1 Å². The molecule has 0 amide bonds. The third-order valence-corrected chi connectivity index (χ3v) is 2.81. The number of aryl methyl sites for hydroxylation is 1. The average Bonchev–Trinajstić information content (AvgIpc) is 2.34. The van der Waals surface area contributed by atoms with Gasteiger partial charge in [-0.2, -0.15) is 0 Å². The summed E-state index contributed by atoms with van der Waals surface area (Å²) in [4.78, 5) is 1.98. The quantitative estimate of drug-likeness (QED) is 0.465. The summed E-state index contributed by atoms with van der Waals surface area (Å²) in [5, 5.41) is 12.6. The van der Waals surface area contributed by atoms with Crippen molar-refractivity contribution in [1.82, 2.24) is 0 Å². The Labute approximate surface area is 114 Å². The Morgan fingerprint density at radius 2 is 1.78 bits per heavy atom. The Balaban J connectivity index is 3.10. The van der Waals surface area contributed by atoms with Gasteiger partial charge in [0.15, 0.2) is 0 Å². The predicted octanol–water partition coefficient (Wildman–Crippen LogP) is 3.24. The Bertz CT molecular complexity index is 441. The van der Waals surface area contributed by atoms with Gasteiger partial charge in [-0.3, -0.25) is 4.90 Å². The molecular weight excluding hydrogens is 248 g/mol. The topological polar surface area (TPSA) is 30.2 Å². The minimum absolute atomic E-state index is 0.580. The summed E-state index contributed by atoms with van der Waals surface area (Å²) in [5.74, 6) is 0.580. The average molecular weight is 267 g/mol. The lowest BCUT2D eigenvalue weighted by Crippen LogP contribution is -2.40. The maximum atomic E-state index is 12.1. The highest BCUT2D eigenvalue weighted by atomic mass is 35.5. The van der Waals surface area contributed by atoms with Crippen LogP contribution < -0.4 is 9.63 Å². The Kier molecular flexibility index (Phi) is 5.72. The minimum Gasteiger partial charge on any atom is -0.710 e. The zero-order chi connectivity index (χ0) is 13.5. The maximum absolute atomic E-state index is 12.1. The molecule has 1 heterocycles. The fraction of sp³-hybridized carbons (Fsp3) is 0.357. The Hall–Kier alpha value is -1.48. The van der Waals surface area contributed by atoms with E-state index in [1.165, 1.54) is 0 Å². The number of aromatic nitrogens is 1. The molecule has 0 saturated heterocycles. The lowest BCUT2D eigenvalue weighted by Gasteiger charge is -2.20. The van der Waals surface area contributed by atoms with Crippen molar-refractivity contribution in [3.63, 3.8) is 0 Å². The summed E-state index contributed by atoms with van der Waals surface area (Å²) in [6, 6.07) is 3.37. The highest BCUT2D eigenvalue weighted by Gasteiger charge is 2.16. The summed E-state index contributed by atoms with van der Waals surface area (Å²) in [6.07, 6.45) is 7.96. The van der Waals surface area contributed by atoms with Crippen LogP contribution >= 0.6 is 11.6 Å². The van der Waals surface area contributed by atoms with Crippen LogP contribution in [0.4, 0.5) is 5.82 Å². The number of rotatable bonds is 5. The van der Waals surface area contributed by atoms with Gasteiger partial charge in [0, 0.05) is 6.07 Å². The monoisotopic (exact) mass is 266 g/mol. The first-order chi connectivity index (χ1) is 8.60. The van der Waals surface area contributed by atoms with Crippen LogP contribution in [0.1, 0.15) is 19.5 Å². The molecule has 0 bridgehead atoms. The molecule has 4 heteroatoms. The van der Waals surface area contributed by atoms with Crippen molar-refractivity contribution in [3.05, 3.63) is 52.4 Å². The van der Waals surface area contributed by atoms with E-state index in [4.69, 9.17) is 11.6 Å². The van der Waals surface area contributed by atoms with Gasteiger partial charge in [0.25, 0.3) is 5.82 Å². The first-order valence-electron chi connectivity index (χ1n) is 5.97. The van der Waals surface area contributed by atoms with E-state index in [0.29, 0.717) is 29.6 Å². The van der Waals surface area contributed by atoms with Gasteiger partial charge in [0.05, 0.1) is 5.02 Å². The lowest BCUT2D eigenvalue weighted by atomic mass is 10.3.